The van der Waals surface area contributed by atoms with Gasteiger partial charge in [-0.2, -0.15) is 5.10 Å². The van der Waals surface area contributed by atoms with Crippen LogP contribution in [0.2, 0.25) is 0 Å². The first-order valence-electron chi connectivity index (χ1n) is 9.95. The van der Waals surface area contributed by atoms with Crippen molar-refractivity contribution >= 4 is 28.4 Å². The van der Waals surface area contributed by atoms with Gasteiger partial charge in [-0.15, -0.1) is 0 Å². The van der Waals surface area contributed by atoms with Crippen molar-refractivity contribution in [2.45, 2.75) is 25.4 Å². The second-order valence-corrected chi connectivity index (χ2v) is 7.32. The van der Waals surface area contributed by atoms with E-state index < -0.39 is 0 Å². The van der Waals surface area contributed by atoms with Crippen LogP contribution in [0.15, 0.2) is 65.6 Å². The molecule has 8 nitrogen and oxygen atoms in total. The lowest BCUT2D eigenvalue weighted by Gasteiger charge is -2.32. The lowest BCUT2D eigenvalue weighted by atomic mass is 10.1. The first kappa shape index (κ1) is 19.6. The van der Waals surface area contributed by atoms with Crippen LogP contribution in [-0.4, -0.2) is 45.8 Å². The highest BCUT2D eigenvalue weighted by atomic mass is 16.2. The van der Waals surface area contributed by atoms with Crippen LogP contribution in [-0.2, 0) is 11.3 Å². The molecule has 3 aromatic rings. The Morgan fingerprint density at radius 2 is 1.70 bits per heavy atom. The van der Waals surface area contributed by atoms with Crippen LogP contribution >= 0.6 is 0 Å². The number of rotatable bonds is 4. The van der Waals surface area contributed by atoms with E-state index in [-0.39, 0.29) is 30.1 Å². The number of benzene rings is 2. The molecule has 0 atom stereocenters. The number of nitrogens with one attached hydrogen (secondary N) is 2. The number of aromatic nitrogens is 2. The third-order valence-corrected chi connectivity index (χ3v) is 5.23. The van der Waals surface area contributed by atoms with E-state index in [9.17, 15) is 14.4 Å². The van der Waals surface area contributed by atoms with Crippen molar-refractivity contribution in [3.05, 3.63) is 71.1 Å². The Morgan fingerprint density at radius 3 is 2.47 bits per heavy atom. The maximum atomic E-state index is 12.5. The van der Waals surface area contributed by atoms with Crippen molar-refractivity contribution in [1.82, 2.24) is 20.0 Å². The minimum atomic E-state index is -0.282. The first-order valence-corrected chi connectivity index (χ1v) is 9.95. The maximum absolute atomic E-state index is 12.5. The topological polar surface area (TPSA) is 96.3 Å². The van der Waals surface area contributed by atoms with Crippen LogP contribution in [0.1, 0.15) is 12.8 Å². The Bertz CT molecular complexity index is 1100. The number of fused-ring (bicyclic) bond motifs is 1. The number of hydrogen-bond donors (Lipinski definition) is 2. The largest absolute Gasteiger partial charge is 0.352 e. The molecule has 0 radical (unpaired) electrons. The standard InChI is InChI=1S/C22H23N5O3/c28-20(15-27-21(29)19-9-5-4-6-16(19)14-23-27)24-18-10-12-26(13-11-18)22(30)25-17-7-2-1-3-8-17/h1-9,14,18H,10-13,15H2,(H,24,28)(H,25,30). The summed E-state index contributed by atoms with van der Waals surface area (Å²) in [6.07, 6.45) is 2.91. The molecule has 2 heterocycles. The summed E-state index contributed by atoms with van der Waals surface area (Å²) in [6.45, 7) is 0.980. The van der Waals surface area contributed by atoms with Gasteiger partial charge in [0.05, 0.1) is 11.6 Å². The normalized spacial score (nSPS) is 14.5. The predicted molar refractivity (Wildman–Crippen MR) is 114 cm³/mol. The Kier molecular flexibility index (Phi) is 5.74. The number of likely N-dealkylation sites (tertiary alicyclic amines) is 1. The summed E-state index contributed by atoms with van der Waals surface area (Å²) in [5.74, 6) is -0.257. The Morgan fingerprint density at radius 1 is 1.00 bits per heavy atom. The van der Waals surface area contributed by atoms with Crippen LogP contribution < -0.4 is 16.2 Å². The van der Waals surface area contributed by atoms with Gasteiger partial charge in [-0.1, -0.05) is 36.4 Å². The van der Waals surface area contributed by atoms with E-state index in [1.807, 2.05) is 42.5 Å². The van der Waals surface area contributed by atoms with Gasteiger partial charge in [-0.25, -0.2) is 9.48 Å². The van der Waals surface area contributed by atoms with Crippen LogP contribution in [0, 0.1) is 0 Å². The zero-order valence-electron chi connectivity index (χ0n) is 16.5. The Balaban J connectivity index is 1.29. The molecule has 2 aromatic carbocycles. The quantitative estimate of drug-likeness (QED) is 0.696. The fourth-order valence-corrected chi connectivity index (χ4v) is 3.60. The second-order valence-electron chi connectivity index (χ2n) is 7.32. The van der Waals surface area contributed by atoms with Gasteiger partial charge < -0.3 is 15.5 Å². The van der Waals surface area contributed by atoms with Gasteiger partial charge >= 0.3 is 6.03 Å². The van der Waals surface area contributed by atoms with Crippen LogP contribution in [0.3, 0.4) is 0 Å². The number of urea groups is 1. The van der Waals surface area contributed by atoms with Crippen molar-refractivity contribution in [2.75, 3.05) is 18.4 Å². The minimum Gasteiger partial charge on any atom is -0.352 e. The SMILES string of the molecule is O=C(Cn1ncc2ccccc2c1=O)NC1CCN(C(=O)Nc2ccccc2)CC1. The smallest absolute Gasteiger partial charge is 0.321 e. The first-order chi connectivity index (χ1) is 14.6. The predicted octanol–water partition coefficient (Wildman–Crippen LogP) is 2.21. The van der Waals surface area contributed by atoms with E-state index in [4.69, 9.17) is 0 Å². The van der Waals surface area contributed by atoms with Gasteiger partial charge in [0.1, 0.15) is 6.54 Å². The molecule has 0 aliphatic carbocycles. The molecule has 0 saturated carbocycles. The zero-order chi connectivity index (χ0) is 20.9. The molecule has 0 bridgehead atoms. The van der Waals surface area contributed by atoms with Gasteiger partial charge in [-0.3, -0.25) is 9.59 Å². The van der Waals surface area contributed by atoms with Crippen molar-refractivity contribution in [3.8, 4) is 0 Å². The highest BCUT2D eigenvalue weighted by Gasteiger charge is 2.24. The summed E-state index contributed by atoms with van der Waals surface area (Å²) >= 11 is 0. The minimum absolute atomic E-state index is 0.0329. The summed E-state index contributed by atoms with van der Waals surface area (Å²) in [7, 11) is 0. The third kappa shape index (κ3) is 4.48. The molecule has 1 aliphatic heterocycles. The maximum Gasteiger partial charge on any atom is 0.321 e. The van der Waals surface area contributed by atoms with Gasteiger partial charge in [0, 0.05) is 30.2 Å². The monoisotopic (exact) mass is 405 g/mol. The van der Waals surface area contributed by atoms with Gasteiger partial charge in [0.15, 0.2) is 0 Å². The van der Waals surface area contributed by atoms with Crippen LogP contribution in [0.25, 0.3) is 10.8 Å². The van der Waals surface area contributed by atoms with Crippen LogP contribution in [0.4, 0.5) is 10.5 Å². The fourth-order valence-electron chi connectivity index (χ4n) is 3.60. The average molecular weight is 405 g/mol. The number of anilines is 1. The number of nitrogens with zero attached hydrogens (tertiary/aromatic N) is 3. The molecule has 1 saturated heterocycles. The van der Waals surface area contributed by atoms with Crippen molar-refractivity contribution in [1.29, 1.82) is 0 Å². The Hall–Kier alpha value is -3.68. The molecular formula is C22H23N5O3. The summed E-state index contributed by atoms with van der Waals surface area (Å²) in [4.78, 5) is 39.0. The molecule has 2 N–H and O–H groups in total. The fraction of sp³-hybridized carbons (Fsp3) is 0.273. The molecule has 1 aromatic heterocycles. The molecule has 1 fully saturated rings. The van der Waals surface area contributed by atoms with Crippen molar-refractivity contribution in [3.63, 3.8) is 0 Å². The zero-order valence-corrected chi connectivity index (χ0v) is 16.5. The lowest BCUT2D eigenvalue weighted by Crippen LogP contribution is -2.48. The summed E-state index contributed by atoms with van der Waals surface area (Å²) in [5.41, 5.74) is 0.474. The number of carbonyl (C=O) groups is 2. The van der Waals surface area contributed by atoms with E-state index in [2.05, 4.69) is 15.7 Å². The molecule has 0 unspecified atom stereocenters. The number of amides is 3. The number of para-hydroxylation sites is 1. The van der Waals surface area contributed by atoms with E-state index >= 15 is 0 Å². The van der Waals surface area contributed by atoms with Gasteiger partial charge in [0.25, 0.3) is 5.56 Å². The molecule has 3 amide bonds. The molecule has 30 heavy (non-hydrogen) atoms. The van der Waals surface area contributed by atoms with Crippen molar-refractivity contribution < 1.29 is 9.59 Å². The third-order valence-electron chi connectivity index (χ3n) is 5.23. The molecule has 8 heteroatoms. The highest BCUT2D eigenvalue weighted by molar-refractivity contribution is 5.89. The molecule has 1 aliphatic rings. The molecule has 154 valence electrons. The van der Waals surface area contributed by atoms with E-state index in [0.29, 0.717) is 31.3 Å². The highest BCUT2D eigenvalue weighted by Crippen LogP contribution is 2.13. The summed E-state index contributed by atoms with van der Waals surface area (Å²) < 4.78 is 1.18. The van der Waals surface area contributed by atoms with Gasteiger partial charge in [0.2, 0.25) is 5.91 Å². The Labute approximate surface area is 173 Å². The number of piperidine rings is 1. The number of hydrogen-bond acceptors (Lipinski definition) is 4. The van der Waals surface area contributed by atoms with Crippen LogP contribution in [0.5, 0.6) is 0 Å². The van der Waals surface area contributed by atoms with E-state index in [1.165, 1.54) is 4.68 Å². The summed E-state index contributed by atoms with van der Waals surface area (Å²) in [6, 6.07) is 16.3. The molecular weight excluding hydrogens is 382 g/mol. The van der Waals surface area contributed by atoms with Crippen molar-refractivity contribution in [2.24, 2.45) is 0 Å². The van der Waals surface area contributed by atoms with E-state index in [0.717, 1.165) is 11.1 Å². The molecule has 4 rings (SSSR count). The summed E-state index contributed by atoms with van der Waals surface area (Å²) in [5, 5.41) is 11.2. The van der Waals surface area contributed by atoms with Gasteiger partial charge in [-0.05, 0) is 31.0 Å². The van der Waals surface area contributed by atoms with E-state index in [1.54, 1.807) is 23.2 Å². The second kappa shape index (κ2) is 8.77. The average Bonchev–Trinajstić information content (AvgIpc) is 2.77. The number of carbonyl (C=O) groups excluding carboxylic acids is 2. The lowest BCUT2D eigenvalue weighted by molar-refractivity contribution is -0.122. The molecule has 0 spiro atoms.